The number of hydrogen-bond acceptors (Lipinski definition) is 11. The van der Waals surface area contributed by atoms with Crippen molar-refractivity contribution in [3.8, 4) is 11.5 Å². The molecular weight excluding hydrogens is 840 g/mol. The van der Waals surface area contributed by atoms with Gasteiger partial charge in [-0.15, -0.1) is 0 Å². The van der Waals surface area contributed by atoms with E-state index >= 15 is 0 Å². The lowest BCUT2D eigenvalue weighted by molar-refractivity contribution is -0.384. The van der Waals surface area contributed by atoms with Gasteiger partial charge in [0.15, 0.2) is 0 Å². The summed E-state index contributed by atoms with van der Waals surface area (Å²) < 4.78 is 35.9. The van der Waals surface area contributed by atoms with Crippen LogP contribution < -0.4 is 19.7 Å². The number of piperazine rings is 1. The maximum atomic E-state index is 14.0. The van der Waals surface area contributed by atoms with Crippen molar-refractivity contribution in [1.82, 2.24) is 24.5 Å². The lowest BCUT2D eigenvalue weighted by atomic mass is 9.59. The number of sulfonamides is 1. The third kappa shape index (κ3) is 9.57. The maximum absolute atomic E-state index is 14.0. The average Bonchev–Trinajstić information content (AvgIpc) is 3.74. The lowest BCUT2D eigenvalue weighted by Gasteiger charge is -2.47. The van der Waals surface area contributed by atoms with E-state index in [4.69, 9.17) is 16.3 Å². The first-order valence-electron chi connectivity index (χ1n) is 21.9. The molecule has 2 aliphatic carbocycles. The number of aromatic nitrogens is 2. The average molecular weight is 894 g/mol. The second kappa shape index (κ2) is 17.9. The van der Waals surface area contributed by atoms with Crippen LogP contribution in [0.25, 0.3) is 16.6 Å². The molecule has 3 N–H and O–H groups in total. The fourth-order valence-corrected chi connectivity index (χ4v) is 10.8. The van der Waals surface area contributed by atoms with Crippen molar-refractivity contribution in [2.75, 3.05) is 69.6 Å². The minimum absolute atomic E-state index is 0.0239. The molecule has 0 atom stereocenters. The summed E-state index contributed by atoms with van der Waals surface area (Å²) in [6, 6.07) is 20.7. The predicted molar refractivity (Wildman–Crippen MR) is 246 cm³/mol. The van der Waals surface area contributed by atoms with Gasteiger partial charge in [-0.1, -0.05) is 35.7 Å². The highest BCUT2D eigenvalue weighted by molar-refractivity contribution is 7.90. The van der Waals surface area contributed by atoms with E-state index in [1.165, 1.54) is 60.7 Å². The molecule has 330 valence electrons. The van der Waals surface area contributed by atoms with Gasteiger partial charge in [-0.2, -0.15) is 0 Å². The molecule has 2 aromatic heterocycles. The number of likely N-dealkylation sites (tertiary alicyclic amines) is 1. The number of nitro benzene ring substituents is 1. The van der Waals surface area contributed by atoms with Crippen LogP contribution in [0.5, 0.6) is 11.5 Å². The standard InChI is InChI=1S/C47H53ClN8O6S/c1-53-19-13-32(14-20-53)29-50-42-10-8-39(27-43(42)56(58)59)63(60,61)52-46(57)40-9-7-37(26-44(40)62-38-25-34-12-18-49-45(34)51-30-38)55-23-21-54(22-24-55)31-35-11-17-47(15-2-16-47)28-41(35)33-3-5-36(48)6-4-33/h3-10,12,18,25-27,30,32,50H,2,11,13-17,19-24,28-29,31H2,1H3,(H,49,51)(H,52,57). The second-order valence-electron chi connectivity index (χ2n) is 17.7. The number of fused-ring (bicyclic) bond motifs is 1. The van der Waals surface area contributed by atoms with E-state index in [0.717, 1.165) is 93.7 Å². The van der Waals surface area contributed by atoms with Gasteiger partial charge >= 0.3 is 0 Å². The van der Waals surface area contributed by atoms with Crippen molar-refractivity contribution in [3.05, 3.63) is 117 Å². The SMILES string of the molecule is CN1CCC(CNc2ccc(S(=O)(=O)NC(=O)c3ccc(N4CCN(CC5=C(c6ccc(Cl)cc6)CC6(CCC6)CC5)CC4)cc3Oc3cnc4[nH]ccc4c3)cc2[N+](=O)[O-])CC1. The van der Waals surface area contributed by atoms with E-state index in [2.05, 4.69) is 53.9 Å². The number of halogens is 1. The molecule has 1 amide bonds. The Labute approximate surface area is 372 Å². The second-order valence-corrected chi connectivity index (χ2v) is 19.9. The zero-order valence-electron chi connectivity index (χ0n) is 35.4. The molecule has 9 rings (SSSR count). The number of carbonyl (C=O) groups is 1. The van der Waals surface area contributed by atoms with Gasteiger partial charge < -0.3 is 24.8 Å². The van der Waals surface area contributed by atoms with Crippen LogP contribution in [0.3, 0.4) is 0 Å². The van der Waals surface area contributed by atoms with Crippen molar-refractivity contribution in [2.45, 2.75) is 56.3 Å². The third-order valence-electron chi connectivity index (χ3n) is 13.6. The van der Waals surface area contributed by atoms with Gasteiger partial charge in [-0.25, -0.2) is 18.1 Å². The van der Waals surface area contributed by atoms with Crippen LogP contribution in [0.1, 0.15) is 67.3 Å². The van der Waals surface area contributed by atoms with E-state index in [9.17, 15) is 23.3 Å². The highest BCUT2D eigenvalue weighted by Gasteiger charge is 2.41. The van der Waals surface area contributed by atoms with Crippen molar-refractivity contribution in [3.63, 3.8) is 0 Å². The summed E-state index contributed by atoms with van der Waals surface area (Å²) in [6.45, 7) is 6.50. The van der Waals surface area contributed by atoms with Crippen LogP contribution in [0.4, 0.5) is 17.1 Å². The highest BCUT2D eigenvalue weighted by Crippen LogP contribution is 2.55. The molecule has 3 fully saturated rings. The Balaban J connectivity index is 0.920. The van der Waals surface area contributed by atoms with E-state index in [1.807, 2.05) is 18.2 Å². The molecule has 2 saturated heterocycles. The van der Waals surface area contributed by atoms with Crippen molar-refractivity contribution >= 4 is 61.2 Å². The molecule has 2 aliphatic heterocycles. The minimum Gasteiger partial charge on any atom is -0.455 e. The summed E-state index contributed by atoms with van der Waals surface area (Å²) in [7, 11) is -2.48. The van der Waals surface area contributed by atoms with Gasteiger partial charge in [0.25, 0.3) is 21.6 Å². The molecular formula is C47H53ClN8O6S. The molecule has 3 aromatic carbocycles. The molecule has 0 bridgehead atoms. The number of rotatable bonds is 13. The molecule has 0 unspecified atom stereocenters. The zero-order valence-corrected chi connectivity index (χ0v) is 37.0. The van der Waals surface area contributed by atoms with Crippen LogP contribution in [-0.4, -0.2) is 98.4 Å². The number of allylic oxidation sites excluding steroid dienone is 1. The van der Waals surface area contributed by atoms with Crippen molar-refractivity contribution < 1.29 is 22.9 Å². The Morgan fingerprint density at radius 2 is 1.76 bits per heavy atom. The summed E-state index contributed by atoms with van der Waals surface area (Å²) in [4.78, 5) is 39.6. The van der Waals surface area contributed by atoms with Crippen LogP contribution in [0.15, 0.2) is 95.7 Å². The Bertz CT molecular complexity index is 2650. The minimum atomic E-state index is -4.55. The van der Waals surface area contributed by atoms with Crippen LogP contribution in [0.2, 0.25) is 5.02 Å². The first-order chi connectivity index (χ1) is 30.4. The number of amides is 1. The molecule has 63 heavy (non-hydrogen) atoms. The van der Waals surface area contributed by atoms with E-state index in [0.29, 0.717) is 29.3 Å². The van der Waals surface area contributed by atoms with Crippen molar-refractivity contribution in [2.24, 2.45) is 11.3 Å². The van der Waals surface area contributed by atoms with Gasteiger partial charge in [0.05, 0.1) is 21.6 Å². The number of H-pyrrole nitrogens is 1. The molecule has 1 spiro atoms. The summed E-state index contributed by atoms with van der Waals surface area (Å²) in [5.41, 5.74) is 6.02. The molecule has 5 aromatic rings. The van der Waals surface area contributed by atoms with Gasteiger partial charge in [0.1, 0.15) is 22.8 Å². The zero-order chi connectivity index (χ0) is 43.7. The number of ether oxygens (including phenoxy) is 1. The maximum Gasteiger partial charge on any atom is 0.293 e. The quantitative estimate of drug-likeness (QED) is 0.0765. The number of nitro groups is 1. The number of benzene rings is 3. The number of anilines is 2. The van der Waals surface area contributed by atoms with Crippen LogP contribution in [-0.2, 0) is 10.0 Å². The van der Waals surface area contributed by atoms with Crippen LogP contribution >= 0.6 is 11.6 Å². The number of nitrogens with zero attached hydrogens (tertiary/aromatic N) is 5. The van der Waals surface area contributed by atoms with E-state index in [-0.39, 0.29) is 22.7 Å². The summed E-state index contributed by atoms with van der Waals surface area (Å²) >= 11 is 6.28. The van der Waals surface area contributed by atoms with Gasteiger partial charge in [0.2, 0.25) is 0 Å². The topological polar surface area (TPSA) is 166 Å². The van der Waals surface area contributed by atoms with Gasteiger partial charge in [-0.3, -0.25) is 19.8 Å². The highest BCUT2D eigenvalue weighted by atomic mass is 35.5. The number of piperidine rings is 1. The van der Waals surface area contributed by atoms with Crippen molar-refractivity contribution in [1.29, 1.82) is 0 Å². The molecule has 16 heteroatoms. The van der Waals surface area contributed by atoms with Gasteiger partial charge in [-0.05, 0) is 136 Å². The molecule has 4 aliphatic rings. The number of aromatic amines is 1. The molecule has 4 heterocycles. The summed E-state index contributed by atoms with van der Waals surface area (Å²) in [5, 5.41) is 16.8. The summed E-state index contributed by atoms with van der Waals surface area (Å²) in [5.74, 6) is -0.0928. The first kappa shape index (κ1) is 42.8. The summed E-state index contributed by atoms with van der Waals surface area (Å²) in [6.07, 6.45) is 12.7. The third-order valence-corrected chi connectivity index (χ3v) is 15.2. The number of pyridine rings is 1. The van der Waals surface area contributed by atoms with Gasteiger partial charge in [0, 0.05) is 73.7 Å². The monoisotopic (exact) mass is 892 g/mol. The fourth-order valence-electron chi connectivity index (χ4n) is 9.64. The largest absolute Gasteiger partial charge is 0.455 e. The Morgan fingerprint density at radius 3 is 2.49 bits per heavy atom. The molecule has 1 saturated carbocycles. The van der Waals surface area contributed by atoms with E-state index < -0.39 is 25.7 Å². The Hall–Kier alpha value is -5.48. The fraction of sp³-hybridized carbons (Fsp3) is 0.404. The predicted octanol–water partition coefficient (Wildman–Crippen LogP) is 8.72. The van der Waals surface area contributed by atoms with E-state index in [1.54, 1.807) is 30.5 Å². The smallest absolute Gasteiger partial charge is 0.293 e. The molecule has 14 nitrogen and oxygen atoms in total. The van der Waals surface area contributed by atoms with Crippen LogP contribution in [0, 0.1) is 21.4 Å². The first-order valence-corrected chi connectivity index (χ1v) is 23.7. The normalized spacial score (nSPS) is 18.7. The number of nitrogens with one attached hydrogen (secondary N) is 3. The lowest BCUT2D eigenvalue weighted by Crippen LogP contribution is -2.47. The number of carbonyl (C=O) groups excluding carboxylic acids is 1. The Morgan fingerprint density at radius 1 is 0.984 bits per heavy atom. The molecule has 0 radical (unpaired) electrons. The number of hydrogen-bond donors (Lipinski definition) is 3. The Kier molecular flexibility index (Phi) is 12.2.